The molecule has 1 aromatic rings. The molecule has 0 aliphatic rings. The zero-order valence-corrected chi connectivity index (χ0v) is 5.58. The lowest BCUT2D eigenvalue weighted by atomic mass is 10.2. The van der Waals surface area contributed by atoms with Gasteiger partial charge in [-0.1, -0.05) is 10.3 Å². The van der Waals surface area contributed by atoms with Crippen LogP contribution in [0.5, 0.6) is 0 Å². The van der Waals surface area contributed by atoms with E-state index in [2.05, 4.69) is 19.7 Å². The molecule has 0 bridgehead atoms. The summed E-state index contributed by atoms with van der Waals surface area (Å²) in [5, 5.41) is 15.5. The van der Waals surface area contributed by atoms with Crippen LogP contribution in [0.15, 0.2) is 22.0 Å². The first-order valence-electron chi connectivity index (χ1n) is 2.94. The van der Waals surface area contributed by atoms with Gasteiger partial charge in [0, 0.05) is 11.0 Å². The van der Waals surface area contributed by atoms with Crippen molar-refractivity contribution in [3.8, 4) is 0 Å². The molecule has 1 aromatic heterocycles. The van der Waals surface area contributed by atoms with Crippen molar-refractivity contribution in [2.24, 2.45) is 5.11 Å². The average Bonchev–Trinajstić information content (AvgIpc) is 2.52. The Hall–Kier alpha value is -1.52. The summed E-state index contributed by atoms with van der Waals surface area (Å²) >= 11 is 0. The highest BCUT2D eigenvalue weighted by Crippen LogP contribution is 2.13. The summed E-state index contributed by atoms with van der Waals surface area (Å²) in [4.78, 5) is 2.55. The molecule has 11 heavy (non-hydrogen) atoms. The highest BCUT2D eigenvalue weighted by Gasteiger charge is 2.09. The molecule has 1 unspecified atom stereocenters. The Bertz CT molecular complexity index is 251. The third-order valence-corrected chi connectivity index (χ3v) is 1.16. The largest absolute Gasteiger partial charge is 0.396 e. The van der Waals surface area contributed by atoms with Crippen molar-refractivity contribution in [2.75, 3.05) is 6.61 Å². The zero-order valence-electron chi connectivity index (χ0n) is 5.58. The third-order valence-electron chi connectivity index (χ3n) is 1.16. The second-order valence-corrected chi connectivity index (χ2v) is 1.83. The summed E-state index contributed by atoms with van der Waals surface area (Å²) in [5.41, 5.74) is 8.49. The fourth-order valence-electron chi connectivity index (χ4n) is 0.645. The van der Waals surface area contributed by atoms with Crippen molar-refractivity contribution in [3.05, 3.63) is 28.5 Å². The second kappa shape index (κ2) is 3.60. The Kier molecular flexibility index (Phi) is 2.48. The van der Waals surface area contributed by atoms with Gasteiger partial charge in [-0.15, -0.1) is 0 Å². The van der Waals surface area contributed by atoms with E-state index in [4.69, 9.17) is 10.6 Å². The maximum absolute atomic E-state index is 8.68. The van der Waals surface area contributed by atoms with Crippen LogP contribution in [-0.4, -0.2) is 16.9 Å². The fraction of sp³-hybridized carbons (Fsp3) is 0.400. The first kappa shape index (κ1) is 7.59. The summed E-state index contributed by atoms with van der Waals surface area (Å²) in [5.74, 6) is 0. The van der Waals surface area contributed by atoms with E-state index in [1.54, 1.807) is 0 Å². The van der Waals surface area contributed by atoms with Crippen LogP contribution in [0.1, 0.15) is 11.7 Å². The number of nitrogens with zero attached hydrogens (tertiary/aromatic N) is 4. The predicted molar refractivity (Wildman–Crippen MR) is 35.5 cm³/mol. The Morgan fingerprint density at radius 1 is 1.91 bits per heavy atom. The number of aliphatic hydroxyl groups is 1. The van der Waals surface area contributed by atoms with Gasteiger partial charge in [-0.3, -0.25) is 0 Å². The summed E-state index contributed by atoms with van der Waals surface area (Å²) in [6, 6.07) is 0.897. The zero-order chi connectivity index (χ0) is 8.10. The summed E-state index contributed by atoms with van der Waals surface area (Å²) in [6.45, 7) is -0.267. The number of azide groups is 1. The summed E-state index contributed by atoms with van der Waals surface area (Å²) in [7, 11) is 0. The molecule has 1 rings (SSSR count). The van der Waals surface area contributed by atoms with Gasteiger partial charge in [0.05, 0.1) is 12.3 Å². The van der Waals surface area contributed by atoms with E-state index in [1.165, 1.54) is 12.3 Å². The molecule has 58 valence electrons. The van der Waals surface area contributed by atoms with Crippen LogP contribution in [0.3, 0.4) is 0 Å². The van der Waals surface area contributed by atoms with Crippen molar-refractivity contribution >= 4 is 0 Å². The van der Waals surface area contributed by atoms with E-state index in [-0.39, 0.29) is 6.61 Å². The van der Waals surface area contributed by atoms with E-state index in [0.29, 0.717) is 5.69 Å². The fourth-order valence-corrected chi connectivity index (χ4v) is 0.645. The average molecular weight is 154 g/mol. The van der Waals surface area contributed by atoms with E-state index < -0.39 is 6.04 Å². The minimum atomic E-state index is -0.640. The minimum Gasteiger partial charge on any atom is -0.396 e. The van der Waals surface area contributed by atoms with Crippen LogP contribution in [0, 0.1) is 0 Å². The topological polar surface area (TPSA) is 95.0 Å². The standard InChI is InChI=1S/C5H6N4O2/c6-9-7-5(3-10)4-1-2-11-8-4/h1-2,5,10H,3H2. The van der Waals surface area contributed by atoms with Gasteiger partial charge < -0.3 is 9.63 Å². The molecule has 0 saturated heterocycles. The van der Waals surface area contributed by atoms with Crippen molar-refractivity contribution in [1.29, 1.82) is 0 Å². The molecule has 0 aromatic carbocycles. The maximum Gasteiger partial charge on any atom is 0.124 e. The van der Waals surface area contributed by atoms with E-state index in [1.807, 2.05) is 0 Å². The molecule has 6 heteroatoms. The Balaban J connectivity index is 2.79. The van der Waals surface area contributed by atoms with Crippen LogP contribution in [-0.2, 0) is 0 Å². The van der Waals surface area contributed by atoms with Gasteiger partial charge in [0.25, 0.3) is 0 Å². The number of rotatable bonds is 3. The summed E-state index contributed by atoms with van der Waals surface area (Å²) < 4.78 is 4.50. The Morgan fingerprint density at radius 3 is 3.18 bits per heavy atom. The van der Waals surface area contributed by atoms with Gasteiger partial charge in [-0.25, -0.2) is 0 Å². The SMILES string of the molecule is [N-]=[N+]=NC(CO)c1ccon1. The molecule has 0 aliphatic heterocycles. The first-order chi connectivity index (χ1) is 5.38. The highest BCUT2D eigenvalue weighted by atomic mass is 16.5. The maximum atomic E-state index is 8.68. The third kappa shape index (κ3) is 1.70. The van der Waals surface area contributed by atoms with Crippen LogP contribution in [0.2, 0.25) is 0 Å². The highest BCUT2D eigenvalue weighted by molar-refractivity contribution is 5.02. The monoisotopic (exact) mass is 154 g/mol. The van der Waals surface area contributed by atoms with Gasteiger partial charge >= 0.3 is 0 Å². The van der Waals surface area contributed by atoms with Crippen molar-refractivity contribution in [2.45, 2.75) is 6.04 Å². The van der Waals surface area contributed by atoms with Crippen LogP contribution >= 0.6 is 0 Å². The normalized spacial score (nSPS) is 12.1. The molecule has 1 atom stereocenters. The van der Waals surface area contributed by atoms with E-state index in [9.17, 15) is 0 Å². The van der Waals surface area contributed by atoms with Crippen molar-refractivity contribution in [1.82, 2.24) is 5.16 Å². The molecular weight excluding hydrogens is 148 g/mol. The van der Waals surface area contributed by atoms with E-state index >= 15 is 0 Å². The first-order valence-corrected chi connectivity index (χ1v) is 2.94. The molecule has 0 amide bonds. The van der Waals surface area contributed by atoms with Crippen molar-refractivity contribution < 1.29 is 9.63 Å². The van der Waals surface area contributed by atoms with Crippen LogP contribution in [0.25, 0.3) is 10.4 Å². The second-order valence-electron chi connectivity index (χ2n) is 1.83. The van der Waals surface area contributed by atoms with Gasteiger partial charge in [-0.2, -0.15) is 0 Å². The molecule has 6 nitrogen and oxygen atoms in total. The lowest BCUT2D eigenvalue weighted by Crippen LogP contribution is -1.99. The molecule has 0 fully saturated rings. The number of aliphatic hydroxyl groups excluding tert-OH is 1. The number of hydrogen-bond acceptors (Lipinski definition) is 4. The van der Waals surface area contributed by atoms with Gasteiger partial charge in [0.1, 0.15) is 12.3 Å². The van der Waals surface area contributed by atoms with E-state index in [0.717, 1.165) is 0 Å². The predicted octanol–water partition coefficient (Wildman–Crippen LogP) is 1.02. The molecule has 0 saturated carbocycles. The molecule has 0 spiro atoms. The summed E-state index contributed by atoms with van der Waals surface area (Å²) in [6.07, 6.45) is 1.35. The quantitative estimate of drug-likeness (QED) is 0.400. The Labute approximate surface area is 62.1 Å². The lowest BCUT2D eigenvalue weighted by molar-refractivity contribution is 0.261. The van der Waals surface area contributed by atoms with Crippen LogP contribution < -0.4 is 0 Å². The van der Waals surface area contributed by atoms with Crippen molar-refractivity contribution in [3.63, 3.8) is 0 Å². The Morgan fingerprint density at radius 2 is 2.73 bits per heavy atom. The molecule has 0 aliphatic carbocycles. The molecule has 1 heterocycles. The lowest BCUT2D eigenvalue weighted by Gasteiger charge is -1.99. The van der Waals surface area contributed by atoms with Crippen LogP contribution in [0.4, 0.5) is 0 Å². The minimum absolute atomic E-state index is 0.267. The molecule has 0 radical (unpaired) electrons. The van der Waals surface area contributed by atoms with Gasteiger partial charge in [0.2, 0.25) is 0 Å². The smallest absolute Gasteiger partial charge is 0.124 e. The number of hydrogen-bond donors (Lipinski definition) is 1. The van der Waals surface area contributed by atoms with Gasteiger partial charge in [-0.05, 0) is 5.53 Å². The molecular formula is C5H6N4O2. The van der Waals surface area contributed by atoms with Gasteiger partial charge in [0.15, 0.2) is 0 Å². The number of aromatic nitrogens is 1. The molecule has 1 N–H and O–H groups in total.